The fraction of sp³-hybridized carbons (Fsp3) is 0.550. The molecule has 1 heterocycles. The summed E-state index contributed by atoms with van der Waals surface area (Å²) in [5, 5.41) is 1.55. The molecule has 232 valence electrons. The van der Waals surface area contributed by atoms with Gasteiger partial charge < -0.3 is 0 Å². The zero-order chi connectivity index (χ0) is 29.7. The Balaban J connectivity index is 1.36. The van der Waals surface area contributed by atoms with E-state index < -0.39 is 0 Å². The molecule has 3 atom stereocenters. The molecule has 0 aromatic heterocycles. The quantitative estimate of drug-likeness (QED) is 0.289. The average Bonchev–Trinajstić information content (AvgIpc) is 3.51. The van der Waals surface area contributed by atoms with Crippen molar-refractivity contribution in [3.8, 4) is 0 Å². The molecule has 4 heteroatoms. The van der Waals surface area contributed by atoms with Crippen LogP contribution in [0.3, 0.4) is 0 Å². The first-order chi connectivity index (χ1) is 21.8. The first-order valence-corrected chi connectivity index (χ1v) is 19.4. The molecule has 1 aliphatic heterocycles. The van der Waals surface area contributed by atoms with Crippen LogP contribution < -0.4 is 5.30 Å². The van der Waals surface area contributed by atoms with Gasteiger partial charge in [0.05, 0.1) is 12.1 Å². The van der Waals surface area contributed by atoms with Crippen molar-refractivity contribution in [2.24, 2.45) is 16.8 Å². The maximum atomic E-state index is 14.9. The van der Waals surface area contributed by atoms with Gasteiger partial charge in [-0.25, -0.2) is 0 Å². The predicted molar refractivity (Wildman–Crippen MR) is 186 cm³/mol. The lowest BCUT2D eigenvalue weighted by Crippen LogP contribution is -2.44. The number of carbonyl (C=O) groups excluding carboxylic acids is 1. The molecule has 1 unspecified atom stereocenters. The summed E-state index contributed by atoms with van der Waals surface area (Å²) in [4.78, 5) is 22.9. The molecule has 44 heavy (non-hydrogen) atoms. The summed E-state index contributed by atoms with van der Waals surface area (Å²) in [6, 6.07) is 20.1. The summed E-state index contributed by atoms with van der Waals surface area (Å²) in [7, 11) is -0.323. The third-order valence-electron chi connectivity index (χ3n) is 11.2. The van der Waals surface area contributed by atoms with E-state index in [4.69, 9.17) is 4.99 Å². The molecule has 3 fully saturated rings. The first-order valence-electron chi connectivity index (χ1n) is 18.0. The number of allylic oxidation sites excluding steroid dienone is 3. The normalized spacial score (nSPS) is 27.2. The third kappa shape index (κ3) is 6.28. The van der Waals surface area contributed by atoms with Gasteiger partial charge in [-0.15, -0.1) is 0 Å². The molecule has 2 aromatic rings. The van der Waals surface area contributed by atoms with Crippen molar-refractivity contribution in [3.63, 3.8) is 0 Å². The molecule has 2 aromatic carbocycles. The highest BCUT2D eigenvalue weighted by Crippen LogP contribution is 2.56. The van der Waals surface area contributed by atoms with Gasteiger partial charge in [0.15, 0.2) is 0 Å². The highest BCUT2D eigenvalue weighted by molar-refractivity contribution is 7.67. The van der Waals surface area contributed by atoms with Crippen molar-refractivity contribution >= 4 is 25.0 Å². The van der Waals surface area contributed by atoms with Crippen LogP contribution in [0, 0.1) is 11.8 Å². The Kier molecular flexibility index (Phi) is 9.79. The number of rotatable bonds is 7. The van der Waals surface area contributed by atoms with Gasteiger partial charge in [0.25, 0.3) is 0 Å². The molecule has 7 rings (SSSR count). The predicted octanol–water partition coefficient (Wildman–Crippen LogP) is 9.87. The zero-order valence-electron chi connectivity index (χ0n) is 26.5. The number of benzene rings is 2. The van der Waals surface area contributed by atoms with Gasteiger partial charge in [-0.05, 0) is 67.1 Å². The fourth-order valence-corrected chi connectivity index (χ4v) is 13.0. The molecule has 1 amide bonds. The van der Waals surface area contributed by atoms with E-state index in [0.29, 0.717) is 5.91 Å². The number of nitrogens with zero attached hydrogens (tertiary/aromatic N) is 2. The largest absolute Gasteiger partial charge is 0.287 e. The number of aliphatic imine (C=N–C) groups is 1. The smallest absolute Gasteiger partial charge is 0.231 e. The third-order valence-corrected chi connectivity index (χ3v) is 14.8. The Labute approximate surface area is 267 Å². The zero-order valence-corrected chi connectivity index (χ0v) is 27.4. The molecule has 0 bridgehead atoms. The topological polar surface area (TPSA) is 32.7 Å². The Morgan fingerprint density at radius 2 is 1.32 bits per heavy atom. The van der Waals surface area contributed by atoms with Crippen LogP contribution in [0.2, 0.25) is 0 Å². The molecule has 0 spiro atoms. The number of amides is 1. The summed E-state index contributed by atoms with van der Waals surface area (Å²) in [5.41, 5.74) is 4.11. The van der Waals surface area contributed by atoms with Gasteiger partial charge in [-0.3, -0.25) is 14.7 Å². The average molecular weight is 607 g/mol. The maximum Gasteiger partial charge on any atom is 0.231 e. The van der Waals surface area contributed by atoms with E-state index in [2.05, 4.69) is 83.8 Å². The van der Waals surface area contributed by atoms with Crippen molar-refractivity contribution in [2.45, 2.75) is 126 Å². The fourth-order valence-electron chi connectivity index (χ4n) is 9.02. The monoisotopic (exact) mass is 606 g/mol. The van der Waals surface area contributed by atoms with Gasteiger partial charge in [0.1, 0.15) is 5.84 Å². The highest BCUT2D eigenvalue weighted by Gasteiger charge is 2.47. The highest BCUT2D eigenvalue weighted by atomic mass is 31.1. The summed E-state index contributed by atoms with van der Waals surface area (Å²) in [6.07, 6.45) is 29.4. The van der Waals surface area contributed by atoms with Gasteiger partial charge >= 0.3 is 0 Å². The van der Waals surface area contributed by atoms with E-state index in [-0.39, 0.29) is 31.8 Å². The molecule has 3 saturated carbocycles. The molecule has 4 aliphatic carbocycles. The van der Waals surface area contributed by atoms with Crippen LogP contribution in [0.1, 0.15) is 120 Å². The maximum absolute atomic E-state index is 14.9. The van der Waals surface area contributed by atoms with Gasteiger partial charge in [-0.2, -0.15) is 0 Å². The summed E-state index contributed by atoms with van der Waals surface area (Å²) < 4.78 is 0. The summed E-state index contributed by atoms with van der Waals surface area (Å²) in [6.45, 7) is 0. The second-order valence-electron chi connectivity index (χ2n) is 14.1. The molecule has 5 aliphatic rings. The Morgan fingerprint density at radius 3 is 1.95 bits per heavy atom. The summed E-state index contributed by atoms with van der Waals surface area (Å²) in [5.74, 6) is 1.70. The van der Waals surface area contributed by atoms with Crippen molar-refractivity contribution in [3.05, 3.63) is 90.0 Å². The van der Waals surface area contributed by atoms with Gasteiger partial charge in [0.2, 0.25) is 5.91 Å². The van der Waals surface area contributed by atoms with Crippen molar-refractivity contribution in [2.75, 3.05) is 0 Å². The van der Waals surface area contributed by atoms with E-state index in [1.165, 1.54) is 81.8 Å². The van der Waals surface area contributed by atoms with Crippen LogP contribution >= 0.6 is 7.92 Å². The van der Waals surface area contributed by atoms with Crippen LogP contribution in [0.15, 0.2) is 83.9 Å². The van der Waals surface area contributed by atoms with E-state index in [1.54, 1.807) is 5.30 Å². The molecular formula is C40H51N2OP. The van der Waals surface area contributed by atoms with Gasteiger partial charge in [0, 0.05) is 17.4 Å². The lowest BCUT2D eigenvalue weighted by molar-refractivity contribution is -0.134. The Bertz CT molecular complexity index is 1330. The molecule has 3 nitrogen and oxygen atoms in total. The van der Waals surface area contributed by atoms with Crippen molar-refractivity contribution in [1.82, 2.24) is 4.90 Å². The van der Waals surface area contributed by atoms with Crippen LogP contribution in [0.4, 0.5) is 0 Å². The minimum absolute atomic E-state index is 0.0183. The van der Waals surface area contributed by atoms with E-state index in [9.17, 15) is 4.79 Å². The van der Waals surface area contributed by atoms with E-state index in [1.807, 2.05) is 0 Å². The summed E-state index contributed by atoms with van der Waals surface area (Å²) >= 11 is 0. The Morgan fingerprint density at radius 1 is 0.705 bits per heavy atom. The van der Waals surface area contributed by atoms with Crippen LogP contribution in [-0.2, 0) is 4.79 Å². The van der Waals surface area contributed by atoms with Crippen LogP contribution in [-0.4, -0.2) is 34.0 Å². The molecule has 0 saturated heterocycles. The number of carbonyl (C=O) groups is 1. The van der Waals surface area contributed by atoms with Gasteiger partial charge in [-0.1, -0.05) is 145 Å². The Hall–Kier alpha value is -2.51. The number of hydrogen-bond acceptors (Lipinski definition) is 2. The van der Waals surface area contributed by atoms with E-state index in [0.717, 1.165) is 49.3 Å². The first kappa shape index (κ1) is 30.2. The lowest BCUT2D eigenvalue weighted by atomic mass is 9.84. The van der Waals surface area contributed by atoms with E-state index >= 15 is 0 Å². The standard InChI is InChI=1S/C40H51N2OP/c43-40(32-22-10-3-11-23-32)42-38(31-20-8-2-9-21-31)37(30-18-6-1-7-19-30)41-39(42)35-28-16-17-29-36(35)44(33-24-12-4-13-25-33)34-26-14-5-15-27-34/h1-2,6-9,16-18,20-21,28-30,32-34,37-38H,3-5,10-15,19,22-27H2/t30?,37-,38-/m0/s1. The minimum Gasteiger partial charge on any atom is -0.287 e. The number of amidine groups is 1. The van der Waals surface area contributed by atoms with Crippen LogP contribution in [0.25, 0.3) is 0 Å². The van der Waals surface area contributed by atoms with Crippen molar-refractivity contribution in [1.29, 1.82) is 0 Å². The molecular weight excluding hydrogens is 555 g/mol. The molecule has 0 radical (unpaired) electrons. The number of hydrogen-bond donors (Lipinski definition) is 0. The van der Waals surface area contributed by atoms with Crippen molar-refractivity contribution < 1.29 is 4.79 Å². The second-order valence-corrected chi connectivity index (χ2v) is 16.8. The molecule has 0 N–H and O–H groups in total. The van der Waals surface area contributed by atoms with Crippen LogP contribution in [0.5, 0.6) is 0 Å². The lowest BCUT2D eigenvalue weighted by Gasteiger charge is -2.40. The minimum atomic E-state index is -0.323. The second kappa shape index (κ2) is 14.3. The SMILES string of the molecule is O=C(C1CCCCC1)N1C(c2ccccc2P(C2CCCCC2)C2CCCCC2)=N[C@@H](C2C=CC=CC2)[C@@H]1c1ccccc1.